The van der Waals surface area contributed by atoms with Crippen LogP contribution in [0.2, 0.25) is 10.5 Å². The molecule has 1 saturated heterocycles. The molecule has 2 aromatic rings. The van der Waals surface area contributed by atoms with Gasteiger partial charge in [-0.25, -0.2) is 0 Å². The quantitative estimate of drug-likeness (QED) is 0.496. The Morgan fingerprint density at radius 1 is 0.696 bits per heavy atom. The molecule has 114 valence electrons. The molecule has 0 bridgehead atoms. The fourth-order valence-electron chi connectivity index (χ4n) is 5.42. The van der Waals surface area contributed by atoms with Gasteiger partial charge in [-0.15, -0.1) is 0 Å². The van der Waals surface area contributed by atoms with Gasteiger partial charge < -0.3 is 0 Å². The maximum absolute atomic E-state index is 2.67. The average Bonchev–Trinajstić information content (AvgIpc) is 3.08. The number of hydrogen-bond acceptors (Lipinski definition) is 0. The predicted octanol–water partition coefficient (Wildman–Crippen LogP) is 6.31. The van der Waals surface area contributed by atoms with Crippen LogP contribution in [0.4, 0.5) is 0 Å². The Hall–Kier alpha value is -1.37. The van der Waals surface area contributed by atoms with Crippen molar-refractivity contribution in [1.29, 1.82) is 0 Å². The van der Waals surface area contributed by atoms with Crippen molar-refractivity contribution < 1.29 is 16.6 Å². The first-order valence-electron chi connectivity index (χ1n) is 8.75. The van der Waals surface area contributed by atoms with Gasteiger partial charge >= 0.3 is 142 Å². The van der Waals surface area contributed by atoms with Gasteiger partial charge in [0.2, 0.25) is 0 Å². The summed E-state index contributed by atoms with van der Waals surface area (Å²) < 4.78 is 1.49. The van der Waals surface area contributed by atoms with Crippen molar-refractivity contribution in [3.8, 4) is 0 Å². The molecule has 0 spiro atoms. The van der Waals surface area contributed by atoms with Crippen LogP contribution >= 0.6 is 0 Å². The normalized spacial score (nSPS) is 26.3. The van der Waals surface area contributed by atoms with Gasteiger partial charge in [-0.05, 0) is 0 Å². The molecule has 0 nitrogen and oxygen atoms in total. The SMILES string of the molecule is [CH3][Ti]1([CH3])[CH]2C(=Cc3ccccc32)CCC2=Cc3ccccc3[CH]21. The van der Waals surface area contributed by atoms with E-state index < -0.39 is 16.6 Å². The first kappa shape index (κ1) is 14.0. The van der Waals surface area contributed by atoms with Crippen molar-refractivity contribution in [3.05, 3.63) is 81.9 Å². The third kappa shape index (κ3) is 1.89. The van der Waals surface area contributed by atoms with Gasteiger partial charge in [0.15, 0.2) is 0 Å². The van der Waals surface area contributed by atoms with E-state index >= 15 is 0 Å². The molecular formula is C22H22Ti. The average molecular weight is 334 g/mol. The molecule has 0 amide bonds. The van der Waals surface area contributed by atoms with Gasteiger partial charge in [-0.1, -0.05) is 0 Å². The van der Waals surface area contributed by atoms with Crippen LogP contribution in [0.3, 0.4) is 0 Å². The Kier molecular flexibility index (Phi) is 2.94. The fraction of sp³-hybridized carbons (Fsp3) is 0.273. The Morgan fingerprint density at radius 2 is 1.13 bits per heavy atom. The van der Waals surface area contributed by atoms with Crippen LogP contribution in [0.1, 0.15) is 43.5 Å². The summed E-state index contributed by atoms with van der Waals surface area (Å²) in [5.41, 5.74) is 9.68. The first-order chi connectivity index (χ1) is 11.2. The van der Waals surface area contributed by atoms with Crippen molar-refractivity contribution >= 4 is 12.2 Å². The van der Waals surface area contributed by atoms with Gasteiger partial charge in [0, 0.05) is 0 Å². The molecular weight excluding hydrogens is 312 g/mol. The van der Waals surface area contributed by atoms with E-state index in [0.717, 1.165) is 8.45 Å². The van der Waals surface area contributed by atoms with Crippen molar-refractivity contribution in [2.75, 3.05) is 0 Å². The van der Waals surface area contributed by atoms with E-state index in [9.17, 15) is 0 Å². The molecule has 23 heavy (non-hydrogen) atoms. The Bertz CT molecular complexity index is 798. The molecule has 0 aromatic heterocycles. The molecule has 2 aromatic carbocycles. The van der Waals surface area contributed by atoms with Crippen molar-refractivity contribution in [2.45, 2.75) is 31.7 Å². The summed E-state index contributed by atoms with van der Waals surface area (Å²) in [6.45, 7) is 0. The molecule has 1 aliphatic heterocycles. The third-order valence-electron chi connectivity index (χ3n) is 6.23. The molecule has 2 unspecified atom stereocenters. The molecule has 1 fully saturated rings. The van der Waals surface area contributed by atoms with Crippen LogP contribution in [-0.2, 0) is 16.6 Å². The van der Waals surface area contributed by atoms with E-state index in [0.29, 0.717) is 0 Å². The number of fused-ring (bicyclic) bond motifs is 6. The third-order valence-corrected chi connectivity index (χ3v) is 13.0. The monoisotopic (exact) mass is 334 g/mol. The summed E-state index contributed by atoms with van der Waals surface area (Å²) in [7, 11) is 0. The second-order valence-electron chi connectivity index (χ2n) is 7.88. The van der Waals surface area contributed by atoms with Crippen LogP contribution in [-0.4, -0.2) is 0 Å². The summed E-state index contributed by atoms with van der Waals surface area (Å²) in [4.78, 5) is 0. The van der Waals surface area contributed by atoms with Crippen LogP contribution < -0.4 is 0 Å². The molecule has 5 rings (SSSR count). The molecule has 3 aliphatic rings. The van der Waals surface area contributed by atoms with Gasteiger partial charge in [0.1, 0.15) is 0 Å². The van der Waals surface area contributed by atoms with Gasteiger partial charge in [-0.3, -0.25) is 0 Å². The van der Waals surface area contributed by atoms with E-state index in [2.05, 4.69) is 71.1 Å². The topological polar surface area (TPSA) is 0 Å². The second kappa shape index (κ2) is 4.82. The Morgan fingerprint density at radius 3 is 1.61 bits per heavy atom. The zero-order valence-corrected chi connectivity index (χ0v) is 15.4. The van der Waals surface area contributed by atoms with Crippen LogP contribution in [0, 0.1) is 0 Å². The number of hydrogen-bond donors (Lipinski definition) is 0. The number of benzene rings is 2. The minimum absolute atomic E-state index is 0.744. The zero-order chi connectivity index (χ0) is 15.6. The van der Waals surface area contributed by atoms with Gasteiger partial charge in [0.05, 0.1) is 0 Å². The Balaban J connectivity index is 1.71. The molecule has 1 heterocycles. The Labute approximate surface area is 142 Å². The molecule has 1 heteroatoms. The van der Waals surface area contributed by atoms with Gasteiger partial charge in [-0.2, -0.15) is 0 Å². The molecule has 0 radical (unpaired) electrons. The molecule has 2 atom stereocenters. The van der Waals surface area contributed by atoms with E-state index in [4.69, 9.17) is 0 Å². The van der Waals surface area contributed by atoms with Crippen LogP contribution in [0.5, 0.6) is 0 Å². The molecule has 2 aliphatic carbocycles. The predicted molar refractivity (Wildman–Crippen MR) is 95.3 cm³/mol. The first-order valence-corrected chi connectivity index (χ1v) is 13.7. The van der Waals surface area contributed by atoms with E-state index in [1.54, 1.807) is 22.3 Å². The van der Waals surface area contributed by atoms with Crippen molar-refractivity contribution in [3.63, 3.8) is 0 Å². The fourth-order valence-corrected chi connectivity index (χ4v) is 13.0. The van der Waals surface area contributed by atoms with Crippen molar-refractivity contribution in [2.24, 2.45) is 0 Å². The second-order valence-corrected chi connectivity index (χ2v) is 15.4. The molecule has 0 N–H and O–H groups in total. The van der Waals surface area contributed by atoms with E-state index in [-0.39, 0.29) is 0 Å². The zero-order valence-electron chi connectivity index (χ0n) is 13.8. The number of rotatable bonds is 0. The summed E-state index contributed by atoms with van der Waals surface area (Å²) in [5.74, 6) is 0. The van der Waals surface area contributed by atoms with Crippen LogP contribution in [0.25, 0.3) is 12.2 Å². The minimum atomic E-state index is -2.15. The maximum atomic E-state index is 2.67. The van der Waals surface area contributed by atoms with E-state index in [1.807, 2.05) is 0 Å². The van der Waals surface area contributed by atoms with Crippen molar-refractivity contribution in [1.82, 2.24) is 0 Å². The molecule has 0 saturated carbocycles. The van der Waals surface area contributed by atoms with E-state index in [1.165, 1.54) is 24.0 Å². The van der Waals surface area contributed by atoms with Crippen LogP contribution in [0.15, 0.2) is 59.7 Å². The summed E-state index contributed by atoms with van der Waals surface area (Å²) in [6.07, 6.45) is 7.54. The number of allylic oxidation sites excluding steroid dienone is 2. The summed E-state index contributed by atoms with van der Waals surface area (Å²) >= 11 is -2.15. The standard InChI is InChI=1S/C20H16.2CH3.Ti/c1-2-6-18-12-15(11-17(18)5-1)9-10-16-13-19-7-3-4-8-20(19)14-16;;;/h1-8,11-14H,9-10H2;2*1H3;. The summed E-state index contributed by atoms with van der Waals surface area (Å²) in [6, 6.07) is 18.3. The van der Waals surface area contributed by atoms with Gasteiger partial charge in [0.25, 0.3) is 0 Å². The summed E-state index contributed by atoms with van der Waals surface area (Å²) in [5, 5.41) is 5.35.